The van der Waals surface area contributed by atoms with Gasteiger partial charge in [0.05, 0.1) is 0 Å². The molecular weight excluding hydrogens is 267 g/mol. The van der Waals surface area contributed by atoms with Crippen LogP contribution in [0.2, 0.25) is 0 Å². The van der Waals surface area contributed by atoms with Gasteiger partial charge in [-0.05, 0) is 43.4 Å². The maximum Gasteiger partial charge on any atom is 0.191 e. The van der Waals surface area contributed by atoms with Crippen LogP contribution in [0.15, 0.2) is 29.3 Å². The van der Waals surface area contributed by atoms with Crippen molar-refractivity contribution in [2.75, 3.05) is 31.5 Å². The van der Waals surface area contributed by atoms with Gasteiger partial charge in [-0.2, -0.15) is 0 Å². The molecule has 1 unspecified atom stereocenters. The Bertz CT molecular complexity index is 475. The smallest absolute Gasteiger partial charge is 0.191 e. The van der Waals surface area contributed by atoms with E-state index >= 15 is 0 Å². The van der Waals surface area contributed by atoms with E-state index in [1.807, 2.05) is 6.07 Å². The summed E-state index contributed by atoms with van der Waals surface area (Å²) in [5.74, 6) is 1.14. The van der Waals surface area contributed by atoms with Gasteiger partial charge in [0.1, 0.15) is 5.82 Å². The SMILES string of the molecule is CC1CCCN(C(N)=NCCCNc2cccc(F)c2)C1. The molecule has 1 atom stereocenters. The molecule has 0 radical (unpaired) electrons. The normalized spacial score (nSPS) is 19.6. The number of nitrogens with two attached hydrogens (primary N) is 1. The molecule has 1 heterocycles. The minimum absolute atomic E-state index is 0.221. The molecule has 4 nitrogen and oxygen atoms in total. The van der Waals surface area contributed by atoms with Crippen molar-refractivity contribution in [3.8, 4) is 0 Å². The summed E-state index contributed by atoms with van der Waals surface area (Å²) < 4.78 is 13.0. The van der Waals surface area contributed by atoms with Crippen LogP contribution in [0.3, 0.4) is 0 Å². The first kappa shape index (κ1) is 15.6. The van der Waals surface area contributed by atoms with Gasteiger partial charge in [-0.1, -0.05) is 13.0 Å². The second-order valence-electron chi connectivity index (χ2n) is 5.72. The molecule has 1 aliphatic rings. The molecule has 1 saturated heterocycles. The summed E-state index contributed by atoms with van der Waals surface area (Å²) in [7, 11) is 0. The lowest BCUT2D eigenvalue weighted by atomic mass is 10.0. The van der Waals surface area contributed by atoms with Crippen LogP contribution in [0, 0.1) is 11.7 Å². The maximum absolute atomic E-state index is 13.0. The second kappa shape index (κ2) is 7.86. The van der Waals surface area contributed by atoms with Gasteiger partial charge in [-0.25, -0.2) is 4.39 Å². The third-order valence-corrected chi connectivity index (χ3v) is 3.74. The van der Waals surface area contributed by atoms with E-state index < -0.39 is 0 Å². The number of nitrogens with one attached hydrogen (secondary N) is 1. The lowest BCUT2D eigenvalue weighted by Crippen LogP contribution is -2.43. The van der Waals surface area contributed by atoms with Crippen molar-refractivity contribution < 1.29 is 4.39 Å². The Labute approximate surface area is 126 Å². The van der Waals surface area contributed by atoms with E-state index in [4.69, 9.17) is 5.73 Å². The van der Waals surface area contributed by atoms with Crippen LogP contribution in [0.4, 0.5) is 10.1 Å². The van der Waals surface area contributed by atoms with Gasteiger partial charge in [0.2, 0.25) is 0 Å². The molecule has 0 aromatic heterocycles. The van der Waals surface area contributed by atoms with Crippen LogP contribution < -0.4 is 11.1 Å². The number of benzene rings is 1. The van der Waals surface area contributed by atoms with E-state index in [-0.39, 0.29) is 5.82 Å². The van der Waals surface area contributed by atoms with Crippen molar-refractivity contribution in [2.45, 2.75) is 26.2 Å². The predicted octanol–water partition coefficient (Wildman–Crippen LogP) is 2.67. The number of nitrogens with zero attached hydrogens (tertiary/aromatic N) is 2. The highest BCUT2D eigenvalue weighted by Crippen LogP contribution is 2.14. The molecule has 5 heteroatoms. The summed E-state index contributed by atoms with van der Waals surface area (Å²) >= 11 is 0. The first-order chi connectivity index (χ1) is 10.1. The first-order valence-corrected chi connectivity index (χ1v) is 7.69. The van der Waals surface area contributed by atoms with Crippen molar-refractivity contribution in [2.24, 2.45) is 16.6 Å². The zero-order chi connectivity index (χ0) is 15.1. The summed E-state index contributed by atoms with van der Waals surface area (Å²) in [6, 6.07) is 6.49. The summed E-state index contributed by atoms with van der Waals surface area (Å²) in [6.07, 6.45) is 3.35. The monoisotopic (exact) mass is 292 g/mol. The number of halogens is 1. The van der Waals surface area contributed by atoms with E-state index in [1.54, 1.807) is 6.07 Å². The Balaban J connectivity index is 1.67. The number of rotatable bonds is 5. The van der Waals surface area contributed by atoms with Crippen LogP contribution in [0.5, 0.6) is 0 Å². The summed E-state index contributed by atoms with van der Waals surface area (Å²) in [6.45, 7) is 5.73. The highest BCUT2D eigenvalue weighted by molar-refractivity contribution is 5.78. The largest absolute Gasteiger partial charge is 0.385 e. The molecule has 0 aliphatic carbocycles. The Morgan fingerprint density at radius 2 is 2.38 bits per heavy atom. The lowest BCUT2D eigenvalue weighted by molar-refractivity contribution is 0.270. The van der Waals surface area contributed by atoms with E-state index in [0.717, 1.165) is 31.7 Å². The lowest BCUT2D eigenvalue weighted by Gasteiger charge is -2.31. The molecule has 1 aromatic rings. The number of anilines is 1. The van der Waals surface area contributed by atoms with Crippen molar-refractivity contribution in [3.63, 3.8) is 0 Å². The van der Waals surface area contributed by atoms with Crippen LogP contribution in [0.25, 0.3) is 0 Å². The number of hydrogen-bond donors (Lipinski definition) is 2. The van der Waals surface area contributed by atoms with Gasteiger partial charge < -0.3 is 16.0 Å². The van der Waals surface area contributed by atoms with E-state index in [9.17, 15) is 4.39 Å². The minimum Gasteiger partial charge on any atom is -0.385 e. The first-order valence-electron chi connectivity index (χ1n) is 7.69. The Morgan fingerprint density at radius 1 is 1.52 bits per heavy atom. The van der Waals surface area contributed by atoms with Crippen LogP contribution in [-0.4, -0.2) is 37.0 Å². The fourth-order valence-corrected chi connectivity index (χ4v) is 2.60. The molecular formula is C16H25FN4. The van der Waals surface area contributed by atoms with Gasteiger partial charge in [-0.15, -0.1) is 0 Å². The highest BCUT2D eigenvalue weighted by atomic mass is 19.1. The van der Waals surface area contributed by atoms with Crippen molar-refractivity contribution >= 4 is 11.6 Å². The molecule has 116 valence electrons. The standard InChI is InChI=1S/C16H25FN4/c1-13-5-3-10-21(12-13)16(18)20-9-4-8-19-15-7-2-6-14(17)11-15/h2,6-7,11,13,19H,3-5,8-10,12H2,1H3,(H2,18,20). The molecule has 1 aromatic carbocycles. The maximum atomic E-state index is 13.0. The van der Waals surface area contributed by atoms with E-state index in [1.165, 1.54) is 25.0 Å². The molecule has 21 heavy (non-hydrogen) atoms. The topological polar surface area (TPSA) is 53.6 Å². The Hall–Kier alpha value is -1.78. The quantitative estimate of drug-likeness (QED) is 0.498. The fraction of sp³-hybridized carbons (Fsp3) is 0.562. The highest BCUT2D eigenvalue weighted by Gasteiger charge is 2.17. The third kappa shape index (κ3) is 5.25. The van der Waals surface area contributed by atoms with Gasteiger partial charge in [0, 0.05) is 31.9 Å². The summed E-state index contributed by atoms with van der Waals surface area (Å²) in [5, 5.41) is 3.18. The molecule has 0 saturated carbocycles. The van der Waals surface area contributed by atoms with Gasteiger partial charge in [0.25, 0.3) is 0 Å². The van der Waals surface area contributed by atoms with Crippen LogP contribution >= 0.6 is 0 Å². The molecule has 2 rings (SSSR count). The number of aliphatic imine (C=N–C) groups is 1. The number of hydrogen-bond acceptors (Lipinski definition) is 2. The van der Waals surface area contributed by atoms with Crippen molar-refractivity contribution in [3.05, 3.63) is 30.1 Å². The van der Waals surface area contributed by atoms with Gasteiger partial charge in [-0.3, -0.25) is 4.99 Å². The predicted molar refractivity (Wildman–Crippen MR) is 86.0 cm³/mol. The van der Waals surface area contributed by atoms with E-state index in [0.29, 0.717) is 18.4 Å². The zero-order valence-corrected chi connectivity index (χ0v) is 12.7. The average Bonchev–Trinajstić information content (AvgIpc) is 2.47. The van der Waals surface area contributed by atoms with Gasteiger partial charge >= 0.3 is 0 Å². The molecule has 3 N–H and O–H groups in total. The summed E-state index contributed by atoms with van der Waals surface area (Å²) in [5.41, 5.74) is 6.83. The number of likely N-dealkylation sites (tertiary alicyclic amines) is 1. The van der Waals surface area contributed by atoms with Crippen molar-refractivity contribution in [1.82, 2.24) is 4.90 Å². The molecule has 0 spiro atoms. The minimum atomic E-state index is -0.221. The fourth-order valence-electron chi connectivity index (χ4n) is 2.60. The third-order valence-electron chi connectivity index (χ3n) is 3.74. The van der Waals surface area contributed by atoms with E-state index in [2.05, 4.69) is 22.1 Å². The molecule has 1 fully saturated rings. The number of piperidine rings is 1. The van der Waals surface area contributed by atoms with Crippen LogP contribution in [-0.2, 0) is 0 Å². The summed E-state index contributed by atoms with van der Waals surface area (Å²) in [4.78, 5) is 6.61. The van der Waals surface area contributed by atoms with Crippen LogP contribution in [0.1, 0.15) is 26.2 Å². The zero-order valence-electron chi connectivity index (χ0n) is 12.7. The molecule has 0 amide bonds. The van der Waals surface area contributed by atoms with Gasteiger partial charge in [0.15, 0.2) is 5.96 Å². The average molecular weight is 292 g/mol. The van der Waals surface area contributed by atoms with Crippen molar-refractivity contribution in [1.29, 1.82) is 0 Å². The molecule has 0 bridgehead atoms. The Kier molecular flexibility index (Phi) is 5.84. The Morgan fingerprint density at radius 3 is 3.14 bits per heavy atom. The molecule has 1 aliphatic heterocycles. The second-order valence-corrected chi connectivity index (χ2v) is 5.72. The number of guanidine groups is 1.